The number of carbonyl (C=O) groups is 1. The Hall–Kier alpha value is -4.39. The minimum absolute atomic E-state index is 0.00118. The van der Waals surface area contributed by atoms with Crippen molar-refractivity contribution in [3.05, 3.63) is 83.9 Å². The minimum Gasteiger partial charge on any atom is -0.508 e. The van der Waals surface area contributed by atoms with Crippen LogP contribution in [0.4, 0.5) is 0 Å². The lowest BCUT2D eigenvalue weighted by molar-refractivity contribution is 0.0956. The van der Waals surface area contributed by atoms with Gasteiger partial charge in [-0.15, -0.1) is 0 Å². The molecule has 0 radical (unpaired) electrons. The molecule has 0 atom stereocenters. The molecule has 0 saturated carbocycles. The van der Waals surface area contributed by atoms with Crippen molar-refractivity contribution >= 4 is 22.5 Å². The number of hydrogen-bond acceptors (Lipinski definition) is 6. The summed E-state index contributed by atoms with van der Waals surface area (Å²) in [6.07, 6.45) is 0.468. The van der Waals surface area contributed by atoms with Crippen LogP contribution in [0, 0.1) is 0 Å². The maximum Gasteiger partial charge on any atom is 0.272 e. The quantitative estimate of drug-likeness (QED) is 0.184. The predicted molar refractivity (Wildman–Crippen MR) is 137 cm³/mol. The average molecular weight is 470 g/mol. The first kappa shape index (κ1) is 23.8. The van der Waals surface area contributed by atoms with E-state index in [0.29, 0.717) is 39.9 Å². The van der Waals surface area contributed by atoms with Crippen LogP contribution < -0.4 is 10.2 Å². The van der Waals surface area contributed by atoms with E-state index < -0.39 is 5.91 Å². The Kier molecular flexibility index (Phi) is 6.96. The molecular formula is C28H27N3O4. The summed E-state index contributed by atoms with van der Waals surface area (Å²) in [5, 5.41) is 24.9. The number of fused-ring (bicyclic) bond motifs is 1. The van der Waals surface area contributed by atoms with Crippen molar-refractivity contribution in [1.29, 1.82) is 0 Å². The van der Waals surface area contributed by atoms with Crippen LogP contribution in [0.2, 0.25) is 0 Å². The average Bonchev–Trinajstić information content (AvgIpc) is 2.85. The molecule has 35 heavy (non-hydrogen) atoms. The number of para-hydroxylation sites is 1. The SMILES string of the molecule is CC/C(=N/NC(=O)c1cc(-c2cccc(OC(C)C)c2)nc2ccccc12)c1cc(O)ccc1O. The molecule has 0 bridgehead atoms. The monoisotopic (exact) mass is 469 g/mol. The number of amides is 1. The third-order valence-corrected chi connectivity index (χ3v) is 5.38. The normalized spacial score (nSPS) is 11.6. The Balaban J connectivity index is 1.72. The van der Waals surface area contributed by atoms with Gasteiger partial charge in [0.05, 0.1) is 28.6 Å². The lowest BCUT2D eigenvalue weighted by Crippen LogP contribution is -2.20. The van der Waals surface area contributed by atoms with E-state index in [2.05, 4.69) is 10.5 Å². The molecule has 4 rings (SSSR count). The zero-order valence-electron chi connectivity index (χ0n) is 19.8. The predicted octanol–water partition coefficient (Wildman–Crippen LogP) is 5.64. The topological polar surface area (TPSA) is 104 Å². The molecule has 0 aliphatic carbocycles. The number of benzene rings is 3. The van der Waals surface area contributed by atoms with Crippen LogP contribution >= 0.6 is 0 Å². The fourth-order valence-corrected chi connectivity index (χ4v) is 3.78. The van der Waals surface area contributed by atoms with E-state index >= 15 is 0 Å². The van der Waals surface area contributed by atoms with E-state index in [1.807, 2.05) is 69.3 Å². The first-order chi connectivity index (χ1) is 16.9. The molecule has 7 heteroatoms. The highest BCUT2D eigenvalue weighted by atomic mass is 16.5. The number of phenolic OH excluding ortho intramolecular Hbond substituents is 2. The number of nitrogens with one attached hydrogen (secondary N) is 1. The number of aromatic nitrogens is 1. The second-order valence-electron chi connectivity index (χ2n) is 8.32. The number of nitrogens with zero attached hydrogens (tertiary/aromatic N) is 2. The number of ether oxygens (including phenoxy) is 1. The van der Waals surface area contributed by atoms with Gasteiger partial charge in [-0.3, -0.25) is 4.79 Å². The molecule has 7 nitrogen and oxygen atoms in total. The summed E-state index contributed by atoms with van der Waals surface area (Å²) in [4.78, 5) is 18.0. The van der Waals surface area contributed by atoms with Crippen molar-refractivity contribution in [3.8, 4) is 28.5 Å². The van der Waals surface area contributed by atoms with Crippen LogP contribution in [0.5, 0.6) is 17.2 Å². The van der Waals surface area contributed by atoms with Crippen LogP contribution in [0.25, 0.3) is 22.2 Å². The number of pyridine rings is 1. The third-order valence-electron chi connectivity index (χ3n) is 5.38. The molecule has 1 heterocycles. The number of aromatic hydroxyl groups is 2. The number of carbonyl (C=O) groups excluding carboxylic acids is 1. The Morgan fingerprint density at radius 2 is 1.80 bits per heavy atom. The molecular weight excluding hydrogens is 442 g/mol. The first-order valence-corrected chi connectivity index (χ1v) is 11.4. The molecule has 1 amide bonds. The van der Waals surface area contributed by atoms with Crippen molar-refractivity contribution in [2.45, 2.75) is 33.3 Å². The lowest BCUT2D eigenvalue weighted by atomic mass is 10.0. The summed E-state index contributed by atoms with van der Waals surface area (Å²) in [5.74, 6) is 0.281. The standard InChI is InChI=1S/C28H27N3O4/c1-4-24(23-15-19(32)12-13-27(23)33)30-31-28(34)22-16-26(29-25-11-6-5-10-21(22)25)18-8-7-9-20(14-18)35-17(2)3/h5-17,32-33H,4H2,1-3H3,(H,31,34)/b30-24-. The minimum atomic E-state index is -0.412. The fraction of sp³-hybridized carbons (Fsp3) is 0.179. The molecule has 0 aliphatic rings. The maximum atomic E-state index is 13.3. The number of hydrazone groups is 1. The van der Waals surface area contributed by atoms with Gasteiger partial charge in [0.2, 0.25) is 0 Å². The van der Waals surface area contributed by atoms with Crippen LogP contribution in [0.1, 0.15) is 43.1 Å². The molecule has 1 aromatic heterocycles. The fourth-order valence-electron chi connectivity index (χ4n) is 3.78. The second-order valence-corrected chi connectivity index (χ2v) is 8.32. The van der Waals surface area contributed by atoms with Crippen LogP contribution in [0.3, 0.4) is 0 Å². The summed E-state index contributed by atoms with van der Waals surface area (Å²) in [6.45, 7) is 5.77. The first-order valence-electron chi connectivity index (χ1n) is 11.4. The maximum absolute atomic E-state index is 13.3. The Morgan fingerprint density at radius 3 is 2.57 bits per heavy atom. The van der Waals surface area contributed by atoms with Gasteiger partial charge in [0.15, 0.2) is 0 Å². The van der Waals surface area contributed by atoms with Gasteiger partial charge in [-0.1, -0.05) is 37.3 Å². The van der Waals surface area contributed by atoms with Gasteiger partial charge in [0.1, 0.15) is 17.2 Å². The highest BCUT2D eigenvalue weighted by Gasteiger charge is 2.15. The Bertz CT molecular complexity index is 1410. The lowest BCUT2D eigenvalue weighted by Gasteiger charge is -2.13. The molecule has 0 aliphatic heterocycles. The van der Waals surface area contributed by atoms with Crippen LogP contribution in [-0.4, -0.2) is 32.9 Å². The third kappa shape index (κ3) is 5.41. The highest BCUT2D eigenvalue weighted by Crippen LogP contribution is 2.28. The molecule has 3 N–H and O–H groups in total. The molecule has 0 fully saturated rings. The van der Waals surface area contributed by atoms with Crippen molar-refractivity contribution < 1.29 is 19.7 Å². The largest absolute Gasteiger partial charge is 0.508 e. The van der Waals surface area contributed by atoms with Crippen LogP contribution in [0.15, 0.2) is 77.9 Å². The summed E-state index contributed by atoms with van der Waals surface area (Å²) in [5.41, 5.74) is 5.95. The molecule has 0 unspecified atom stereocenters. The van der Waals surface area contributed by atoms with Gasteiger partial charge in [0.25, 0.3) is 5.91 Å². The number of hydrogen-bond donors (Lipinski definition) is 3. The number of rotatable bonds is 7. The number of phenols is 2. The Morgan fingerprint density at radius 1 is 1.00 bits per heavy atom. The van der Waals surface area contributed by atoms with Crippen molar-refractivity contribution in [3.63, 3.8) is 0 Å². The van der Waals surface area contributed by atoms with Crippen molar-refractivity contribution in [2.24, 2.45) is 5.10 Å². The van der Waals surface area contributed by atoms with Gasteiger partial charge in [-0.2, -0.15) is 5.10 Å². The van der Waals surface area contributed by atoms with Gasteiger partial charge in [-0.05, 0) is 62.7 Å². The van der Waals surface area contributed by atoms with Gasteiger partial charge in [0, 0.05) is 16.5 Å². The van der Waals surface area contributed by atoms with E-state index in [1.54, 1.807) is 6.07 Å². The summed E-state index contributed by atoms with van der Waals surface area (Å²) in [6, 6.07) is 20.9. The molecule has 0 spiro atoms. The zero-order valence-corrected chi connectivity index (χ0v) is 19.8. The molecule has 0 saturated heterocycles. The van der Waals surface area contributed by atoms with Gasteiger partial charge >= 0.3 is 0 Å². The van der Waals surface area contributed by atoms with E-state index in [4.69, 9.17) is 9.72 Å². The summed E-state index contributed by atoms with van der Waals surface area (Å²) >= 11 is 0. The molecule has 178 valence electrons. The zero-order chi connectivity index (χ0) is 24.9. The summed E-state index contributed by atoms with van der Waals surface area (Å²) in [7, 11) is 0. The summed E-state index contributed by atoms with van der Waals surface area (Å²) < 4.78 is 5.82. The van der Waals surface area contributed by atoms with Gasteiger partial charge in [-0.25, -0.2) is 10.4 Å². The second kappa shape index (κ2) is 10.3. The van der Waals surface area contributed by atoms with E-state index in [-0.39, 0.29) is 17.6 Å². The van der Waals surface area contributed by atoms with Crippen LogP contribution in [-0.2, 0) is 0 Å². The molecule has 3 aromatic carbocycles. The van der Waals surface area contributed by atoms with Crippen molar-refractivity contribution in [2.75, 3.05) is 0 Å². The van der Waals surface area contributed by atoms with E-state index in [1.165, 1.54) is 18.2 Å². The van der Waals surface area contributed by atoms with E-state index in [0.717, 1.165) is 11.3 Å². The van der Waals surface area contributed by atoms with E-state index in [9.17, 15) is 15.0 Å². The smallest absolute Gasteiger partial charge is 0.272 e. The molecule has 4 aromatic rings. The van der Waals surface area contributed by atoms with Gasteiger partial charge < -0.3 is 14.9 Å². The Labute approximate surface area is 203 Å². The van der Waals surface area contributed by atoms with Crippen molar-refractivity contribution in [1.82, 2.24) is 10.4 Å². The highest BCUT2D eigenvalue weighted by molar-refractivity contribution is 6.08.